The van der Waals surface area contributed by atoms with Crippen LogP contribution in [0.5, 0.6) is 0 Å². The van der Waals surface area contributed by atoms with Crippen molar-refractivity contribution >= 4 is 5.91 Å². The van der Waals surface area contributed by atoms with Crippen LogP contribution in [-0.2, 0) is 24.3 Å². The number of hydrogen-bond donors (Lipinski definition) is 2. The highest BCUT2D eigenvalue weighted by molar-refractivity contribution is 5.87. The third-order valence-electron chi connectivity index (χ3n) is 8.45. The number of nitrogens with one attached hydrogen (secondary N) is 2. The summed E-state index contributed by atoms with van der Waals surface area (Å²) in [5.74, 6) is 1.60. The van der Waals surface area contributed by atoms with Crippen LogP contribution in [0.3, 0.4) is 0 Å². The Morgan fingerprint density at radius 1 is 0.882 bits per heavy atom. The maximum absolute atomic E-state index is 13.9. The van der Waals surface area contributed by atoms with Crippen molar-refractivity contribution < 1.29 is 4.79 Å². The number of hydrogen-bond acceptors (Lipinski definition) is 3. The minimum Gasteiger partial charge on any atom is -0.350 e. The lowest BCUT2D eigenvalue weighted by molar-refractivity contribution is -0.138. The van der Waals surface area contributed by atoms with Crippen LogP contribution in [0, 0.1) is 17.8 Å². The summed E-state index contributed by atoms with van der Waals surface area (Å²) in [5.41, 5.74) is 3.31. The molecule has 7 rings (SSSR count). The molecule has 1 saturated carbocycles. The highest BCUT2D eigenvalue weighted by atomic mass is 16.2. The summed E-state index contributed by atoms with van der Waals surface area (Å²) in [6.07, 6.45) is 1.85. The topological polar surface area (TPSA) is 44.4 Å². The van der Waals surface area contributed by atoms with Crippen LogP contribution >= 0.6 is 0 Å². The van der Waals surface area contributed by atoms with Gasteiger partial charge in [0.15, 0.2) is 0 Å². The second-order valence-corrected chi connectivity index (χ2v) is 10.4. The van der Waals surface area contributed by atoms with E-state index in [1.165, 1.54) is 11.1 Å². The van der Waals surface area contributed by atoms with Crippen molar-refractivity contribution in [1.29, 1.82) is 0 Å². The SMILES string of the molecule is O=C(NCc1ccccc1)C12CC3CN(Cc4ccccc4)C(C3CN1)C2Cc1ccccc1. The molecule has 0 radical (unpaired) electrons. The van der Waals surface area contributed by atoms with Gasteiger partial charge in [-0.15, -0.1) is 0 Å². The summed E-state index contributed by atoms with van der Waals surface area (Å²) in [4.78, 5) is 16.6. The predicted molar refractivity (Wildman–Crippen MR) is 135 cm³/mol. The van der Waals surface area contributed by atoms with E-state index >= 15 is 0 Å². The molecule has 4 bridgehead atoms. The van der Waals surface area contributed by atoms with Gasteiger partial charge in [-0.2, -0.15) is 0 Å². The van der Waals surface area contributed by atoms with Crippen LogP contribution < -0.4 is 10.6 Å². The van der Waals surface area contributed by atoms with Gasteiger partial charge in [-0.1, -0.05) is 91.0 Å². The third-order valence-corrected chi connectivity index (χ3v) is 8.45. The number of nitrogens with zero attached hydrogens (tertiary/aromatic N) is 1. The Kier molecular flexibility index (Phi) is 5.72. The average molecular weight is 452 g/mol. The molecule has 174 valence electrons. The van der Waals surface area contributed by atoms with E-state index in [2.05, 4.69) is 88.3 Å². The van der Waals surface area contributed by atoms with Crippen molar-refractivity contribution in [2.45, 2.75) is 37.5 Å². The maximum Gasteiger partial charge on any atom is 0.240 e. The molecule has 4 aliphatic rings. The smallest absolute Gasteiger partial charge is 0.240 e. The van der Waals surface area contributed by atoms with E-state index < -0.39 is 5.54 Å². The number of piperidine rings is 2. The van der Waals surface area contributed by atoms with Crippen LogP contribution in [0.2, 0.25) is 0 Å². The molecule has 5 unspecified atom stereocenters. The highest BCUT2D eigenvalue weighted by Gasteiger charge is 2.64. The zero-order chi connectivity index (χ0) is 23.0. The Morgan fingerprint density at radius 3 is 2.18 bits per heavy atom. The van der Waals surface area contributed by atoms with E-state index in [1.807, 2.05) is 18.2 Å². The number of benzene rings is 3. The molecular weight excluding hydrogens is 418 g/mol. The van der Waals surface area contributed by atoms with Gasteiger partial charge < -0.3 is 10.6 Å². The molecular formula is C30H33N3O. The largest absolute Gasteiger partial charge is 0.350 e. The summed E-state index contributed by atoms with van der Waals surface area (Å²) in [6.45, 7) is 3.56. The van der Waals surface area contributed by atoms with Gasteiger partial charge in [-0.3, -0.25) is 9.69 Å². The van der Waals surface area contributed by atoms with Gasteiger partial charge >= 0.3 is 0 Å². The number of rotatable bonds is 7. The molecule has 3 heterocycles. The van der Waals surface area contributed by atoms with Crippen molar-refractivity contribution in [3.8, 4) is 0 Å². The standard InChI is InChI=1S/C30H33N3O/c34-29(31-18-23-12-6-2-7-13-23)30-17-25-21-33(20-24-14-8-3-9-15-24)28(26(25)19-32-30)27(30)16-22-10-4-1-5-11-22/h1-15,25-28,32H,16-21H2,(H,31,34). The lowest BCUT2D eigenvalue weighted by Gasteiger charge is -2.56. The Labute approximate surface area is 202 Å². The second-order valence-electron chi connectivity index (χ2n) is 10.4. The van der Waals surface area contributed by atoms with Crippen molar-refractivity contribution in [2.24, 2.45) is 17.8 Å². The second kappa shape index (κ2) is 9.01. The molecule has 0 aromatic heterocycles. The Morgan fingerprint density at radius 2 is 1.50 bits per heavy atom. The molecule has 4 heteroatoms. The fourth-order valence-electron chi connectivity index (χ4n) is 6.95. The summed E-state index contributed by atoms with van der Waals surface area (Å²) in [5, 5.41) is 7.10. The number of carbonyl (C=O) groups excluding carboxylic acids is 1. The van der Waals surface area contributed by atoms with E-state index in [9.17, 15) is 4.79 Å². The lowest BCUT2D eigenvalue weighted by Crippen LogP contribution is -2.74. The number of likely N-dealkylation sites (tertiary alicyclic amines) is 1. The fourth-order valence-corrected chi connectivity index (χ4v) is 6.95. The first kappa shape index (κ1) is 21.6. The van der Waals surface area contributed by atoms with Gasteiger partial charge in [0, 0.05) is 38.1 Å². The third kappa shape index (κ3) is 3.85. The normalized spacial score (nSPS) is 29.8. The summed E-state index contributed by atoms with van der Waals surface area (Å²) in [6, 6.07) is 32.2. The molecule has 3 aliphatic heterocycles. The first-order valence-electron chi connectivity index (χ1n) is 12.6. The minimum atomic E-state index is -0.514. The van der Waals surface area contributed by atoms with Crippen molar-refractivity contribution in [3.63, 3.8) is 0 Å². The van der Waals surface area contributed by atoms with Gasteiger partial charge in [-0.25, -0.2) is 0 Å². The van der Waals surface area contributed by atoms with Gasteiger partial charge in [0.2, 0.25) is 5.91 Å². The molecule has 5 atom stereocenters. The number of carbonyl (C=O) groups is 1. The molecule has 3 aromatic rings. The molecule has 3 aromatic carbocycles. The van der Waals surface area contributed by atoms with Crippen LogP contribution in [0.1, 0.15) is 23.1 Å². The van der Waals surface area contributed by atoms with Crippen LogP contribution in [0.4, 0.5) is 0 Å². The molecule has 3 saturated heterocycles. The Hall–Kier alpha value is -2.95. The van der Waals surface area contributed by atoms with Crippen LogP contribution in [-0.4, -0.2) is 35.5 Å². The van der Waals surface area contributed by atoms with E-state index in [-0.39, 0.29) is 11.8 Å². The predicted octanol–water partition coefficient (Wildman–Crippen LogP) is 4.02. The van der Waals surface area contributed by atoms with E-state index in [0.29, 0.717) is 24.4 Å². The first-order valence-corrected chi connectivity index (χ1v) is 12.6. The van der Waals surface area contributed by atoms with Crippen LogP contribution in [0.15, 0.2) is 91.0 Å². The molecule has 4 nitrogen and oxygen atoms in total. The van der Waals surface area contributed by atoms with Gasteiger partial charge in [0.1, 0.15) is 5.54 Å². The van der Waals surface area contributed by atoms with Crippen LogP contribution in [0.25, 0.3) is 0 Å². The van der Waals surface area contributed by atoms with E-state index in [4.69, 9.17) is 0 Å². The lowest BCUT2D eigenvalue weighted by atomic mass is 9.58. The molecule has 34 heavy (non-hydrogen) atoms. The summed E-state index contributed by atoms with van der Waals surface area (Å²) >= 11 is 0. The molecule has 4 fully saturated rings. The first-order chi connectivity index (χ1) is 16.7. The number of amides is 1. The highest BCUT2D eigenvalue weighted by Crippen LogP contribution is 2.53. The molecule has 2 N–H and O–H groups in total. The number of fused-ring (bicyclic) bond motifs is 1. The summed E-state index contributed by atoms with van der Waals surface area (Å²) < 4.78 is 0. The zero-order valence-corrected chi connectivity index (χ0v) is 19.6. The van der Waals surface area contributed by atoms with Gasteiger partial charge in [0.05, 0.1) is 0 Å². The molecule has 0 spiro atoms. The molecule has 1 amide bonds. The Bertz CT molecular complexity index is 1120. The molecule has 1 aliphatic carbocycles. The zero-order valence-electron chi connectivity index (χ0n) is 19.6. The summed E-state index contributed by atoms with van der Waals surface area (Å²) in [7, 11) is 0. The Balaban J connectivity index is 1.31. The quantitative estimate of drug-likeness (QED) is 0.570. The maximum atomic E-state index is 13.9. The van der Waals surface area contributed by atoms with Gasteiger partial charge in [-0.05, 0) is 41.4 Å². The minimum absolute atomic E-state index is 0.173. The van der Waals surface area contributed by atoms with Crippen molar-refractivity contribution in [2.75, 3.05) is 13.1 Å². The monoisotopic (exact) mass is 451 g/mol. The van der Waals surface area contributed by atoms with Crippen molar-refractivity contribution in [1.82, 2.24) is 15.5 Å². The van der Waals surface area contributed by atoms with E-state index in [0.717, 1.165) is 38.0 Å². The van der Waals surface area contributed by atoms with E-state index in [1.54, 1.807) is 0 Å². The average Bonchev–Trinajstić information content (AvgIpc) is 3.19. The van der Waals surface area contributed by atoms with Gasteiger partial charge in [0.25, 0.3) is 0 Å². The van der Waals surface area contributed by atoms with Crippen molar-refractivity contribution in [3.05, 3.63) is 108 Å². The fraction of sp³-hybridized carbons (Fsp3) is 0.367.